The first-order valence-electron chi connectivity index (χ1n) is 5.31. The van der Waals surface area contributed by atoms with E-state index in [1.807, 2.05) is 12.1 Å². The highest BCUT2D eigenvalue weighted by molar-refractivity contribution is 5.90. The first-order chi connectivity index (χ1) is 7.33. The van der Waals surface area contributed by atoms with Gasteiger partial charge in [-0.1, -0.05) is 6.07 Å². The van der Waals surface area contributed by atoms with Crippen LogP contribution in [0.2, 0.25) is 0 Å². The molecule has 2 heterocycles. The van der Waals surface area contributed by atoms with Gasteiger partial charge in [-0.05, 0) is 25.3 Å². The molecule has 1 aliphatic carbocycles. The van der Waals surface area contributed by atoms with Crippen LogP contribution in [0.5, 0.6) is 0 Å². The van der Waals surface area contributed by atoms with Gasteiger partial charge in [0.1, 0.15) is 5.54 Å². The Kier molecular flexibility index (Phi) is 1.79. The molecule has 1 aromatic rings. The molecular formula is C11H13N3O. The molecule has 15 heavy (non-hydrogen) atoms. The Bertz CT molecular complexity index is 418. The third kappa shape index (κ3) is 1.11. The van der Waals surface area contributed by atoms with Crippen LogP contribution in [0.3, 0.4) is 0 Å². The third-order valence-electron chi connectivity index (χ3n) is 3.34. The van der Waals surface area contributed by atoms with Gasteiger partial charge >= 0.3 is 0 Å². The minimum absolute atomic E-state index is 0.0939. The number of nitrogens with zero attached hydrogens (tertiary/aromatic N) is 1. The monoisotopic (exact) mass is 203 g/mol. The van der Waals surface area contributed by atoms with Crippen molar-refractivity contribution >= 4 is 5.91 Å². The van der Waals surface area contributed by atoms with E-state index in [2.05, 4.69) is 15.6 Å². The van der Waals surface area contributed by atoms with Crippen molar-refractivity contribution in [1.82, 2.24) is 15.6 Å². The van der Waals surface area contributed by atoms with Crippen molar-refractivity contribution < 1.29 is 4.79 Å². The molecule has 1 amide bonds. The van der Waals surface area contributed by atoms with Crippen LogP contribution in [0.4, 0.5) is 0 Å². The average molecular weight is 203 g/mol. The van der Waals surface area contributed by atoms with Crippen LogP contribution in [0.25, 0.3) is 0 Å². The van der Waals surface area contributed by atoms with Crippen molar-refractivity contribution in [3.63, 3.8) is 0 Å². The van der Waals surface area contributed by atoms with Gasteiger partial charge < -0.3 is 5.32 Å². The minimum Gasteiger partial charge on any atom is -0.342 e. The number of hydrogen-bond acceptors (Lipinski definition) is 3. The normalized spacial score (nSPS) is 28.9. The quantitative estimate of drug-likeness (QED) is 0.637. The molecule has 4 nitrogen and oxygen atoms in total. The SMILES string of the molecule is O=C1NCNC12CCCc1ncccc12. The molecule has 78 valence electrons. The molecule has 0 radical (unpaired) electrons. The summed E-state index contributed by atoms with van der Waals surface area (Å²) in [7, 11) is 0. The van der Waals surface area contributed by atoms with Crippen LogP contribution >= 0.6 is 0 Å². The molecule has 4 heteroatoms. The predicted molar refractivity (Wildman–Crippen MR) is 55.0 cm³/mol. The number of pyridine rings is 1. The summed E-state index contributed by atoms with van der Waals surface area (Å²) >= 11 is 0. The van der Waals surface area contributed by atoms with E-state index < -0.39 is 5.54 Å². The number of amides is 1. The highest BCUT2D eigenvalue weighted by Gasteiger charge is 2.46. The molecule has 1 fully saturated rings. The Hall–Kier alpha value is -1.42. The van der Waals surface area contributed by atoms with Crippen molar-refractivity contribution in [3.05, 3.63) is 29.6 Å². The predicted octanol–water partition coefficient (Wildman–Crippen LogP) is 0.290. The van der Waals surface area contributed by atoms with E-state index in [0.29, 0.717) is 6.67 Å². The van der Waals surface area contributed by atoms with Gasteiger partial charge in [0.2, 0.25) is 5.91 Å². The van der Waals surface area contributed by atoms with Gasteiger partial charge in [0.05, 0.1) is 6.67 Å². The number of aromatic nitrogens is 1. The zero-order valence-corrected chi connectivity index (χ0v) is 8.42. The summed E-state index contributed by atoms with van der Waals surface area (Å²) < 4.78 is 0. The molecule has 0 bridgehead atoms. The summed E-state index contributed by atoms with van der Waals surface area (Å²) in [6, 6.07) is 3.92. The van der Waals surface area contributed by atoms with Gasteiger partial charge in [0.25, 0.3) is 0 Å². The van der Waals surface area contributed by atoms with Crippen LogP contribution in [0, 0.1) is 0 Å². The highest BCUT2D eigenvalue weighted by atomic mass is 16.2. The topological polar surface area (TPSA) is 54.0 Å². The average Bonchev–Trinajstić information content (AvgIpc) is 2.62. The second-order valence-electron chi connectivity index (χ2n) is 4.12. The third-order valence-corrected chi connectivity index (χ3v) is 3.34. The molecule has 3 rings (SSSR count). The molecule has 2 N–H and O–H groups in total. The number of rotatable bonds is 0. The Balaban J connectivity index is 2.16. The molecule has 1 atom stereocenters. The Labute approximate surface area is 88.1 Å². The maximum atomic E-state index is 11.9. The molecule has 1 aliphatic heterocycles. The number of carbonyl (C=O) groups is 1. The lowest BCUT2D eigenvalue weighted by Crippen LogP contribution is -2.46. The highest BCUT2D eigenvalue weighted by Crippen LogP contribution is 2.35. The number of carbonyl (C=O) groups excluding carboxylic acids is 1. The van der Waals surface area contributed by atoms with Gasteiger partial charge in [0.15, 0.2) is 0 Å². The van der Waals surface area contributed by atoms with E-state index in [4.69, 9.17) is 0 Å². The maximum absolute atomic E-state index is 11.9. The van der Waals surface area contributed by atoms with Crippen molar-refractivity contribution in [2.24, 2.45) is 0 Å². The fraction of sp³-hybridized carbons (Fsp3) is 0.455. The fourth-order valence-electron chi connectivity index (χ4n) is 2.61. The molecule has 1 unspecified atom stereocenters. The van der Waals surface area contributed by atoms with Crippen LogP contribution < -0.4 is 10.6 Å². The Morgan fingerprint density at radius 1 is 1.47 bits per heavy atom. The number of aryl methyl sites for hydroxylation is 1. The van der Waals surface area contributed by atoms with Gasteiger partial charge in [-0.25, -0.2) is 0 Å². The Morgan fingerprint density at radius 3 is 3.20 bits per heavy atom. The van der Waals surface area contributed by atoms with E-state index in [-0.39, 0.29) is 5.91 Å². The zero-order chi connectivity index (χ0) is 10.3. The smallest absolute Gasteiger partial charge is 0.246 e. The van der Waals surface area contributed by atoms with E-state index in [9.17, 15) is 4.79 Å². The summed E-state index contributed by atoms with van der Waals surface area (Å²) in [5, 5.41) is 6.12. The molecule has 0 saturated carbocycles. The van der Waals surface area contributed by atoms with Crippen molar-refractivity contribution in [1.29, 1.82) is 0 Å². The van der Waals surface area contributed by atoms with Gasteiger partial charge in [0, 0.05) is 17.5 Å². The molecule has 1 saturated heterocycles. The van der Waals surface area contributed by atoms with Gasteiger partial charge in [-0.3, -0.25) is 15.1 Å². The standard InChI is InChI=1S/C11H13N3O/c15-10-11(14-7-13-10)5-1-4-9-8(11)3-2-6-12-9/h2-3,6,14H,1,4-5,7H2,(H,13,15). The maximum Gasteiger partial charge on any atom is 0.246 e. The second kappa shape index (κ2) is 3.03. The lowest BCUT2D eigenvalue weighted by molar-refractivity contribution is -0.125. The summed E-state index contributed by atoms with van der Waals surface area (Å²) in [6.07, 6.45) is 4.67. The minimum atomic E-state index is -0.498. The Morgan fingerprint density at radius 2 is 2.40 bits per heavy atom. The molecule has 1 spiro atoms. The summed E-state index contributed by atoms with van der Waals surface area (Å²) in [6.45, 7) is 0.563. The molecule has 0 aromatic carbocycles. The van der Waals surface area contributed by atoms with E-state index in [0.717, 1.165) is 30.5 Å². The largest absolute Gasteiger partial charge is 0.342 e. The lowest BCUT2D eigenvalue weighted by atomic mass is 9.79. The fourth-order valence-corrected chi connectivity index (χ4v) is 2.61. The summed E-state index contributed by atoms with van der Waals surface area (Å²) in [5.74, 6) is 0.0939. The number of fused-ring (bicyclic) bond motifs is 2. The molecular weight excluding hydrogens is 190 g/mol. The molecule has 1 aromatic heterocycles. The van der Waals surface area contributed by atoms with Gasteiger partial charge in [-0.15, -0.1) is 0 Å². The second-order valence-corrected chi connectivity index (χ2v) is 4.12. The van der Waals surface area contributed by atoms with Gasteiger partial charge in [-0.2, -0.15) is 0 Å². The number of hydrogen-bond donors (Lipinski definition) is 2. The summed E-state index contributed by atoms with van der Waals surface area (Å²) in [4.78, 5) is 16.3. The van der Waals surface area contributed by atoms with Crippen molar-refractivity contribution in [3.8, 4) is 0 Å². The van der Waals surface area contributed by atoms with Crippen LogP contribution in [0.1, 0.15) is 24.1 Å². The zero-order valence-electron chi connectivity index (χ0n) is 8.42. The first kappa shape index (κ1) is 8.85. The van der Waals surface area contributed by atoms with Crippen molar-refractivity contribution in [2.75, 3.05) is 6.67 Å². The van der Waals surface area contributed by atoms with E-state index in [1.54, 1.807) is 6.20 Å². The van der Waals surface area contributed by atoms with E-state index in [1.165, 1.54) is 0 Å². The molecule has 2 aliphatic rings. The van der Waals surface area contributed by atoms with Crippen molar-refractivity contribution in [2.45, 2.75) is 24.8 Å². The number of nitrogens with one attached hydrogen (secondary N) is 2. The first-order valence-corrected chi connectivity index (χ1v) is 5.31. The van der Waals surface area contributed by atoms with Crippen LogP contribution in [-0.4, -0.2) is 17.6 Å². The van der Waals surface area contributed by atoms with Crippen LogP contribution in [0.15, 0.2) is 18.3 Å². The van der Waals surface area contributed by atoms with Crippen LogP contribution in [-0.2, 0) is 16.8 Å². The lowest BCUT2D eigenvalue weighted by Gasteiger charge is -2.32. The summed E-state index contributed by atoms with van der Waals surface area (Å²) in [5.41, 5.74) is 1.63. The van der Waals surface area contributed by atoms with E-state index >= 15 is 0 Å².